The molecule has 1 unspecified atom stereocenters. The van der Waals surface area contributed by atoms with Crippen LogP contribution in [0.4, 0.5) is 0 Å². The Bertz CT molecular complexity index is 554. The van der Waals surface area contributed by atoms with Crippen molar-refractivity contribution >= 4 is 10.0 Å². The van der Waals surface area contributed by atoms with Gasteiger partial charge in [-0.15, -0.1) is 0 Å². The normalized spacial score (nSPS) is 21.2. The molecular formula is C12H23N5O2S. The number of hydrogen-bond acceptors (Lipinski definition) is 5. The lowest BCUT2D eigenvalue weighted by Crippen LogP contribution is -2.44. The van der Waals surface area contributed by atoms with Crippen LogP contribution in [-0.2, 0) is 23.1 Å². The molecule has 0 amide bonds. The Labute approximate surface area is 120 Å². The molecule has 1 saturated heterocycles. The minimum Gasteiger partial charge on any atom is -0.293 e. The molecule has 0 saturated carbocycles. The summed E-state index contributed by atoms with van der Waals surface area (Å²) in [5.74, 6) is 0.0218. The Morgan fingerprint density at radius 2 is 2.10 bits per heavy atom. The number of aryl methyl sites for hydroxylation is 2. The Balaban J connectivity index is 2.10. The van der Waals surface area contributed by atoms with Crippen molar-refractivity contribution in [3.63, 3.8) is 0 Å². The zero-order valence-electron chi connectivity index (χ0n) is 12.1. The average Bonchev–Trinajstić information content (AvgIpc) is 2.71. The number of nitrogens with zero attached hydrogens (tertiary/aromatic N) is 4. The SMILES string of the molecule is CCn1nc(C)c(CN2CCCCC2CS(N)(=O)=O)n1. The molecule has 0 aliphatic carbocycles. The van der Waals surface area contributed by atoms with Crippen LogP contribution in [0.3, 0.4) is 0 Å². The van der Waals surface area contributed by atoms with Crippen LogP contribution in [0.5, 0.6) is 0 Å². The van der Waals surface area contributed by atoms with E-state index in [0.29, 0.717) is 6.54 Å². The van der Waals surface area contributed by atoms with Crippen LogP contribution in [0.25, 0.3) is 0 Å². The van der Waals surface area contributed by atoms with Gasteiger partial charge >= 0.3 is 0 Å². The zero-order chi connectivity index (χ0) is 14.8. The molecular weight excluding hydrogens is 278 g/mol. The van der Waals surface area contributed by atoms with Gasteiger partial charge in [-0.2, -0.15) is 15.0 Å². The van der Waals surface area contributed by atoms with E-state index in [0.717, 1.165) is 43.7 Å². The summed E-state index contributed by atoms with van der Waals surface area (Å²) in [4.78, 5) is 3.84. The molecule has 20 heavy (non-hydrogen) atoms. The largest absolute Gasteiger partial charge is 0.293 e. The van der Waals surface area contributed by atoms with Crippen molar-refractivity contribution < 1.29 is 8.42 Å². The number of piperidine rings is 1. The minimum absolute atomic E-state index is 0.00933. The summed E-state index contributed by atoms with van der Waals surface area (Å²) in [6.07, 6.45) is 3.01. The highest BCUT2D eigenvalue weighted by atomic mass is 32.2. The third-order valence-electron chi connectivity index (χ3n) is 3.73. The molecule has 7 nitrogen and oxygen atoms in total. The molecule has 2 rings (SSSR count). The van der Waals surface area contributed by atoms with E-state index in [1.807, 2.05) is 13.8 Å². The van der Waals surface area contributed by atoms with Gasteiger partial charge in [-0.05, 0) is 33.2 Å². The predicted molar refractivity (Wildman–Crippen MR) is 76.5 cm³/mol. The quantitative estimate of drug-likeness (QED) is 0.841. The highest BCUT2D eigenvalue weighted by Gasteiger charge is 2.27. The van der Waals surface area contributed by atoms with Gasteiger partial charge < -0.3 is 0 Å². The van der Waals surface area contributed by atoms with Gasteiger partial charge in [-0.3, -0.25) is 4.90 Å². The topological polar surface area (TPSA) is 94.1 Å². The predicted octanol–water partition coefficient (Wildman–Crippen LogP) is 0.249. The second-order valence-electron chi connectivity index (χ2n) is 5.37. The lowest BCUT2D eigenvalue weighted by Gasteiger charge is -2.34. The molecule has 1 aromatic rings. The molecule has 0 radical (unpaired) electrons. The summed E-state index contributed by atoms with van der Waals surface area (Å²) in [7, 11) is -3.44. The fourth-order valence-corrected chi connectivity index (χ4v) is 3.58. The summed E-state index contributed by atoms with van der Waals surface area (Å²) < 4.78 is 22.7. The number of hydrogen-bond donors (Lipinski definition) is 1. The molecule has 2 heterocycles. The number of likely N-dealkylation sites (tertiary alicyclic amines) is 1. The van der Waals surface area contributed by atoms with Crippen molar-refractivity contribution in [2.24, 2.45) is 5.14 Å². The molecule has 1 atom stereocenters. The highest BCUT2D eigenvalue weighted by molar-refractivity contribution is 7.89. The highest BCUT2D eigenvalue weighted by Crippen LogP contribution is 2.20. The van der Waals surface area contributed by atoms with Crippen molar-refractivity contribution in [2.45, 2.75) is 52.2 Å². The lowest BCUT2D eigenvalue weighted by molar-refractivity contribution is 0.152. The van der Waals surface area contributed by atoms with E-state index in [2.05, 4.69) is 15.1 Å². The molecule has 114 valence electrons. The van der Waals surface area contributed by atoms with E-state index in [1.165, 1.54) is 0 Å². The van der Waals surface area contributed by atoms with Crippen LogP contribution in [0.2, 0.25) is 0 Å². The first-order valence-corrected chi connectivity index (χ1v) is 8.75. The maximum atomic E-state index is 11.3. The van der Waals surface area contributed by atoms with Crippen LogP contribution < -0.4 is 5.14 Å². The van der Waals surface area contributed by atoms with Gasteiger partial charge in [0, 0.05) is 12.6 Å². The van der Waals surface area contributed by atoms with Crippen LogP contribution >= 0.6 is 0 Å². The van der Waals surface area contributed by atoms with Crippen LogP contribution in [-0.4, -0.2) is 46.7 Å². The summed E-state index contributed by atoms with van der Waals surface area (Å²) >= 11 is 0. The standard InChI is InChI=1S/C12H23N5O2S/c1-3-17-14-10(2)12(15-17)8-16-7-5-4-6-11(16)9-20(13,18)19/h11H,3-9H2,1-2H3,(H2,13,18,19). The summed E-state index contributed by atoms with van der Waals surface area (Å²) in [6.45, 7) is 6.20. The van der Waals surface area contributed by atoms with Crippen LogP contribution in [0.1, 0.15) is 37.6 Å². The van der Waals surface area contributed by atoms with E-state index < -0.39 is 10.0 Å². The van der Waals surface area contributed by atoms with Crippen molar-refractivity contribution in [2.75, 3.05) is 12.3 Å². The molecule has 1 aromatic heterocycles. The summed E-state index contributed by atoms with van der Waals surface area (Å²) in [5.41, 5.74) is 1.83. The van der Waals surface area contributed by atoms with Crippen molar-refractivity contribution in [3.8, 4) is 0 Å². The number of aromatic nitrogens is 3. The van der Waals surface area contributed by atoms with E-state index in [1.54, 1.807) is 4.80 Å². The third kappa shape index (κ3) is 4.00. The Morgan fingerprint density at radius 1 is 1.35 bits per heavy atom. The van der Waals surface area contributed by atoms with Gasteiger partial charge in [0.05, 0.1) is 23.7 Å². The van der Waals surface area contributed by atoms with Crippen molar-refractivity contribution in [3.05, 3.63) is 11.4 Å². The zero-order valence-corrected chi connectivity index (χ0v) is 12.9. The number of rotatable bonds is 5. The van der Waals surface area contributed by atoms with E-state index in [-0.39, 0.29) is 11.8 Å². The fourth-order valence-electron chi connectivity index (χ4n) is 2.67. The van der Waals surface area contributed by atoms with Gasteiger partial charge in [0.1, 0.15) is 0 Å². The van der Waals surface area contributed by atoms with E-state index in [4.69, 9.17) is 5.14 Å². The second kappa shape index (κ2) is 6.19. The van der Waals surface area contributed by atoms with Gasteiger partial charge in [-0.1, -0.05) is 6.42 Å². The number of sulfonamides is 1. The third-order valence-corrected chi connectivity index (χ3v) is 4.58. The minimum atomic E-state index is -3.44. The number of nitrogens with two attached hydrogens (primary N) is 1. The van der Waals surface area contributed by atoms with Crippen molar-refractivity contribution in [1.29, 1.82) is 0 Å². The lowest BCUT2D eigenvalue weighted by atomic mass is 10.0. The van der Waals surface area contributed by atoms with E-state index in [9.17, 15) is 8.42 Å². The second-order valence-corrected chi connectivity index (χ2v) is 7.03. The Hall–Kier alpha value is -0.990. The molecule has 0 bridgehead atoms. The molecule has 0 spiro atoms. The first kappa shape index (κ1) is 15.4. The molecule has 0 aromatic carbocycles. The maximum Gasteiger partial charge on any atom is 0.210 e. The average molecular weight is 301 g/mol. The first-order valence-electron chi connectivity index (χ1n) is 7.04. The smallest absolute Gasteiger partial charge is 0.210 e. The molecule has 1 aliphatic heterocycles. The fraction of sp³-hybridized carbons (Fsp3) is 0.833. The van der Waals surface area contributed by atoms with Gasteiger partial charge in [-0.25, -0.2) is 13.6 Å². The molecule has 2 N–H and O–H groups in total. The van der Waals surface area contributed by atoms with Crippen molar-refractivity contribution in [1.82, 2.24) is 19.9 Å². The molecule has 1 aliphatic rings. The van der Waals surface area contributed by atoms with Gasteiger partial charge in [0.15, 0.2) is 0 Å². The summed E-state index contributed by atoms with van der Waals surface area (Å²) in [5, 5.41) is 14.0. The molecule has 8 heteroatoms. The van der Waals surface area contributed by atoms with Crippen LogP contribution in [0.15, 0.2) is 0 Å². The molecule has 1 fully saturated rings. The number of primary sulfonamides is 1. The van der Waals surface area contributed by atoms with Gasteiger partial charge in [0.25, 0.3) is 0 Å². The van der Waals surface area contributed by atoms with Crippen LogP contribution in [0, 0.1) is 6.92 Å². The van der Waals surface area contributed by atoms with Gasteiger partial charge in [0.2, 0.25) is 10.0 Å². The monoisotopic (exact) mass is 301 g/mol. The maximum absolute atomic E-state index is 11.3. The Kier molecular flexibility index (Phi) is 4.77. The Morgan fingerprint density at radius 3 is 2.70 bits per heavy atom. The van der Waals surface area contributed by atoms with E-state index >= 15 is 0 Å². The summed E-state index contributed by atoms with van der Waals surface area (Å²) in [6, 6.07) is -0.00933. The first-order chi connectivity index (χ1) is 9.39.